The van der Waals surface area contributed by atoms with Gasteiger partial charge in [0.2, 0.25) is 15.9 Å². The summed E-state index contributed by atoms with van der Waals surface area (Å²) in [5, 5.41) is 71.3. The molecule has 11 N–H and O–H groups in total. The third-order valence-corrected chi connectivity index (χ3v) is 10.2. The lowest BCUT2D eigenvalue weighted by molar-refractivity contribution is -0.125. The number of sulfonamides is 1. The average Bonchev–Trinajstić information content (AvgIpc) is 3.90. The normalized spacial score (nSPS) is 18.1. The van der Waals surface area contributed by atoms with Crippen molar-refractivity contribution in [2.45, 2.75) is 41.5 Å². The first-order chi connectivity index (χ1) is 27.3. The number of anilines is 3. The van der Waals surface area contributed by atoms with Crippen LogP contribution in [-0.4, -0.2) is 112 Å². The molecule has 21 nitrogen and oxygen atoms in total. The summed E-state index contributed by atoms with van der Waals surface area (Å²) in [7, 11) is -4.02. The van der Waals surface area contributed by atoms with Gasteiger partial charge in [0.05, 0.1) is 23.3 Å². The summed E-state index contributed by atoms with van der Waals surface area (Å²) in [4.78, 5) is 42.6. The standard InChI is InChI=1S/C35H36N12O9S/c36-57(55,56)23-3-1-2-20(12-23)40-35(54)44-33-39-17-47(45-33)34-42-31(37-14-24(18-4-8-21(49)9-5-18)19-6-10-22(50)11-7-19)28-32(43-34)46(16-38-28)26-13-25(29(52)30(26)53)41-27(51)15-48/h1-12,16-17,24-26,29-30,48-50,52-53H,13-15H2,(H,41,51)(H2,36,55,56)(H,37,42,43)(H2,40,44,45,54)/t25-,26+,29+,30-/m0/s1. The molecule has 6 aromatic rings. The minimum Gasteiger partial charge on any atom is -0.508 e. The maximum atomic E-state index is 12.8. The van der Waals surface area contributed by atoms with Crippen LogP contribution in [0.5, 0.6) is 11.5 Å². The first-order valence-electron chi connectivity index (χ1n) is 17.2. The lowest BCUT2D eigenvalue weighted by atomic mass is 9.91. The van der Waals surface area contributed by atoms with Crippen LogP contribution in [0, 0.1) is 0 Å². The number of phenolic OH excluding ortho intramolecular Hbond substituents is 2. The molecule has 0 spiro atoms. The Bertz CT molecular complexity index is 2490. The van der Waals surface area contributed by atoms with Crippen molar-refractivity contribution in [3.8, 4) is 17.4 Å². The van der Waals surface area contributed by atoms with Crippen LogP contribution in [0.1, 0.15) is 29.5 Å². The summed E-state index contributed by atoms with van der Waals surface area (Å²) < 4.78 is 26.2. The minimum absolute atomic E-state index is 0.0536. The van der Waals surface area contributed by atoms with Gasteiger partial charge in [0.15, 0.2) is 17.0 Å². The number of benzene rings is 3. The van der Waals surface area contributed by atoms with E-state index in [1.54, 1.807) is 48.5 Å². The van der Waals surface area contributed by atoms with E-state index in [1.165, 1.54) is 46.2 Å². The number of carbonyl (C=O) groups is 2. The number of hydrogen-bond donors (Lipinski definition) is 10. The molecule has 3 heterocycles. The Hall–Kier alpha value is -6.72. The Morgan fingerprint density at radius 1 is 0.895 bits per heavy atom. The zero-order valence-corrected chi connectivity index (χ0v) is 30.4. The first kappa shape index (κ1) is 38.6. The number of imidazole rings is 1. The molecule has 1 saturated carbocycles. The van der Waals surface area contributed by atoms with E-state index in [2.05, 4.69) is 46.3 Å². The van der Waals surface area contributed by atoms with Gasteiger partial charge in [0.25, 0.3) is 11.9 Å². The average molecular weight is 801 g/mol. The van der Waals surface area contributed by atoms with Crippen LogP contribution < -0.4 is 26.4 Å². The zero-order valence-electron chi connectivity index (χ0n) is 29.6. The SMILES string of the molecule is NS(=O)(=O)c1cccc(NC(=O)Nc2ncn(-c3nc(NCC(c4ccc(O)cc4)c4ccc(O)cc4)c4ncn([C@@H]5C[C@H](NC(=O)CO)[C@@H](O)[C@H]5O)c4n3)n2)c1. The molecular formula is C35H36N12O9S. The second-order valence-electron chi connectivity index (χ2n) is 13.1. The molecule has 3 aromatic carbocycles. The summed E-state index contributed by atoms with van der Waals surface area (Å²) >= 11 is 0. The number of nitrogens with zero attached hydrogens (tertiary/aromatic N) is 7. The summed E-state index contributed by atoms with van der Waals surface area (Å²) in [6.45, 7) is -0.591. The number of aliphatic hydroxyl groups is 3. The molecule has 0 bridgehead atoms. The van der Waals surface area contributed by atoms with Crippen molar-refractivity contribution < 1.29 is 43.5 Å². The molecule has 7 rings (SSSR count). The Morgan fingerprint density at radius 3 is 2.23 bits per heavy atom. The van der Waals surface area contributed by atoms with E-state index in [0.717, 1.165) is 11.1 Å². The highest BCUT2D eigenvalue weighted by Gasteiger charge is 2.44. The van der Waals surface area contributed by atoms with Crippen molar-refractivity contribution in [1.29, 1.82) is 0 Å². The molecule has 1 aliphatic rings. The van der Waals surface area contributed by atoms with Gasteiger partial charge in [-0.3, -0.25) is 10.1 Å². The Morgan fingerprint density at radius 2 is 1.58 bits per heavy atom. The molecule has 3 aromatic heterocycles. The van der Waals surface area contributed by atoms with Crippen molar-refractivity contribution >= 4 is 50.6 Å². The van der Waals surface area contributed by atoms with Gasteiger partial charge in [0.1, 0.15) is 36.6 Å². The number of urea groups is 1. The van der Waals surface area contributed by atoms with Gasteiger partial charge in [-0.2, -0.15) is 19.6 Å². The van der Waals surface area contributed by atoms with E-state index in [9.17, 15) is 43.5 Å². The monoisotopic (exact) mass is 800 g/mol. The number of nitrogens with two attached hydrogens (primary N) is 1. The van der Waals surface area contributed by atoms with E-state index in [1.807, 2.05) is 0 Å². The molecule has 3 amide bonds. The predicted octanol–water partition coefficient (Wildman–Crippen LogP) is 0.497. The van der Waals surface area contributed by atoms with E-state index in [-0.39, 0.29) is 69.8 Å². The number of aliphatic hydroxyl groups excluding tert-OH is 3. The predicted molar refractivity (Wildman–Crippen MR) is 202 cm³/mol. The van der Waals surface area contributed by atoms with Crippen molar-refractivity contribution in [1.82, 2.24) is 39.6 Å². The second kappa shape index (κ2) is 15.8. The number of aromatic hydroxyl groups is 2. The highest BCUT2D eigenvalue weighted by molar-refractivity contribution is 7.89. The molecule has 4 atom stereocenters. The number of phenols is 2. The van der Waals surface area contributed by atoms with Crippen LogP contribution in [0.4, 0.5) is 22.2 Å². The molecule has 0 saturated heterocycles. The van der Waals surface area contributed by atoms with Crippen LogP contribution in [0.15, 0.2) is 90.3 Å². The van der Waals surface area contributed by atoms with E-state index >= 15 is 0 Å². The number of hydrogen-bond acceptors (Lipinski definition) is 15. The number of nitrogens with one attached hydrogen (secondary N) is 4. The highest BCUT2D eigenvalue weighted by Crippen LogP contribution is 2.35. The number of amides is 3. The quantitative estimate of drug-likeness (QED) is 0.0806. The lowest BCUT2D eigenvalue weighted by Crippen LogP contribution is -2.44. The van der Waals surface area contributed by atoms with Crippen LogP contribution in [0.3, 0.4) is 0 Å². The van der Waals surface area contributed by atoms with Gasteiger partial charge in [0, 0.05) is 18.2 Å². The zero-order chi connectivity index (χ0) is 40.4. The van der Waals surface area contributed by atoms with Crippen molar-refractivity contribution in [3.05, 3.63) is 96.6 Å². The first-order valence-corrected chi connectivity index (χ1v) is 18.8. The number of aromatic nitrogens is 7. The second-order valence-corrected chi connectivity index (χ2v) is 14.7. The molecule has 57 heavy (non-hydrogen) atoms. The summed E-state index contributed by atoms with van der Waals surface area (Å²) in [6.07, 6.45) is -0.0615. The van der Waals surface area contributed by atoms with Gasteiger partial charge < -0.3 is 46.1 Å². The van der Waals surface area contributed by atoms with E-state index in [0.29, 0.717) is 0 Å². The number of fused-ring (bicyclic) bond motifs is 1. The van der Waals surface area contributed by atoms with Crippen LogP contribution in [0.25, 0.3) is 17.1 Å². The van der Waals surface area contributed by atoms with E-state index < -0.39 is 52.9 Å². The van der Waals surface area contributed by atoms with Crippen LogP contribution in [0.2, 0.25) is 0 Å². The summed E-state index contributed by atoms with van der Waals surface area (Å²) in [6, 6.07) is 16.1. The molecule has 1 fully saturated rings. The lowest BCUT2D eigenvalue weighted by Gasteiger charge is -2.20. The fourth-order valence-electron chi connectivity index (χ4n) is 6.52. The van der Waals surface area contributed by atoms with Gasteiger partial charge in [-0.15, -0.1) is 5.10 Å². The van der Waals surface area contributed by atoms with Crippen molar-refractivity contribution in [2.75, 3.05) is 29.1 Å². The molecule has 1 aliphatic carbocycles. The van der Waals surface area contributed by atoms with Gasteiger partial charge in [-0.25, -0.2) is 23.3 Å². The minimum atomic E-state index is -4.02. The highest BCUT2D eigenvalue weighted by atomic mass is 32.2. The van der Waals surface area contributed by atoms with Gasteiger partial charge in [-0.05, 0) is 60.0 Å². The Labute approximate surface area is 322 Å². The third-order valence-electron chi connectivity index (χ3n) is 9.32. The maximum absolute atomic E-state index is 12.8. The summed E-state index contributed by atoms with van der Waals surface area (Å²) in [5.74, 6) is -0.927. The smallest absolute Gasteiger partial charge is 0.326 e. The van der Waals surface area contributed by atoms with Crippen molar-refractivity contribution in [3.63, 3.8) is 0 Å². The number of carbonyl (C=O) groups excluding carboxylic acids is 2. The van der Waals surface area contributed by atoms with Gasteiger partial charge in [-0.1, -0.05) is 30.3 Å². The Balaban J connectivity index is 1.22. The topological polar surface area (TPSA) is 318 Å². The number of primary sulfonamides is 1. The fourth-order valence-corrected chi connectivity index (χ4v) is 7.08. The third kappa shape index (κ3) is 8.44. The largest absolute Gasteiger partial charge is 0.508 e. The van der Waals surface area contributed by atoms with Crippen molar-refractivity contribution in [2.24, 2.45) is 5.14 Å². The Kier molecular flexibility index (Phi) is 10.7. The molecule has 0 aliphatic heterocycles. The molecule has 296 valence electrons. The summed E-state index contributed by atoms with van der Waals surface area (Å²) in [5.41, 5.74) is 2.23. The maximum Gasteiger partial charge on any atom is 0.326 e. The number of rotatable bonds is 12. The van der Waals surface area contributed by atoms with Gasteiger partial charge >= 0.3 is 6.03 Å². The molecule has 0 radical (unpaired) electrons. The molecule has 22 heteroatoms. The van der Waals surface area contributed by atoms with E-state index in [4.69, 9.17) is 5.14 Å². The van der Waals surface area contributed by atoms with Crippen LogP contribution >= 0.6 is 0 Å². The molecular weight excluding hydrogens is 765 g/mol. The molecule has 0 unspecified atom stereocenters. The fraction of sp³-hybridized carbons (Fsp3) is 0.229. The van der Waals surface area contributed by atoms with Crippen LogP contribution in [-0.2, 0) is 14.8 Å².